The maximum Gasteiger partial charge on any atom is 0.309 e. The van der Waals surface area contributed by atoms with Gasteiger partial charge in [0.25, 0.3) is 0 Å². The molecule has 1 aromatic rings. The number of carbonyl (C=O) groups is 1. The summed E-state index contributed by atoms with van der Waals surface area (Å²) in [7, 11) is 1.29. The Balaban J connectivity index is 3.07. The first-order valence-corrected chi connectivity index (χ1v) is 4.86. The van der Waals surface area contributed by atoms with E-state index in [2.05, 4.69) is 20.7 Å². The lowest BCUT2D eigenvalue weighted by molar-refractivity contribution is -0.139. The Morgan fingerprint density at radius 2 is 2.33 bits per heavy atom. The van der Waals surface area contributed by atoms with Gasteiger partial charge in [0.1, 0.15) is 11.8 Å². The van der Waals surface area contributed by atoms with Gasteiger partial charge in [-0.1, -0.05) is 0 Å². The zero-order chi connectivity index (χ0) is 11.4. The zero-order valence-electron chi connectivity index (χ0n) is 7.95. The number of carbonyl (C=O) groups excluding carboxylic acids is 1. The van der Waals surface area contributed by atoms with Crippen molar-refractivity contribution >= 4 is 21.9 Å². The van der Waals surface area contributed by atoms with Crippen molar-refractivity contribution in [1.82, 2.24) is 0 Å². The molecule has 0 aliphatic rings. The van der Waals surface area contributed by atoms with Crippen LogP contribution in [-0.4, -0.2) is 18.2 Å². The van der Waals surface area contributed by atoms with Crippen LogP contribution < -0.4 is 0 Å². The molecule has 4 nitrogen and oxygen atoms in total. The van der Waals surface area contributed by atoms with E-state index in [-0.39, 0.29) is 17.7 Å². The highest BCUT2D eigenvalue weighted by atomic mass is 79.9. The number of methoxy groups -OCH3 is 1. The fourth-order valence-corrected chi connectivity index (χ4v) is 1.59. The molecule has 0 aliphatic heterocycles. The van der Waals surface area contributed by atoms with Crippen LogP contribution in [0.15, 0.2) is 16.6 Å². The molecule has 0 aromatic heterocycles. The standard InChI is InChI=1S/C10H8BrNO3/c1-15-9(13)4-6-2-7(5-12)10(14)8(11)3-6/h2-3,14H,4H2,1H3. The summed E-state index contributed by atoms with van der Waals surface area (Å²) in [6, 6.07) is 4.87. The van der Waals surface area contributed by atoms with Crippen LogP contribution in [0.5, 0.6) is 5.75 Å². The van der Waals surface area contributed by atoms with Gasteiger partial charge in [0.15, 0.2) is 0 Å². The van der Waals surface area contributed by atoms with Crippen LogP contribution in [-0.2, 0) is 16.0 Å². The van der Waals surface area contributed by atoms with Crippen LogP contribution >= 0.6 is 15.9 Å². The number of nitriles is 1. The predicted molar refractivity (Wildman–Crippen MR) is 56.2 cm³/mol. The van der Waals surface area contributed by atoms with Crippen LogP contribution in [0.4, 0.5) is 0 Å². The lowest BCUT2D eigenvalue weighted by Gasteiger charge is -2.04. The van der Waals surface area contributed by atoms with Gasteiger partial charge in [0.05, 0.1) is 23.6 Å². The Hall–Kier alpha value is -1.54. The summed E-state index contributed by atoms with van der Waals surface area (Å²) in [5.74, 6) is -0.511. The lowest BCUT2D eigenvalue weighted by Crippen LogP contribution is -2.04. The number of hydrogen-bond acceptors (Lipinski definition) is 4. The molecule has 0 atom stereocenters. The molecule has 0 amide bonds. The summed E-state index contributed by atoms with van der Waals surface area (Å²) >= 11 is 3.10. The molecule has 0 saturated heterocycles. The van der Waals surface area contributed by atoms with Gasteiger partial charge in [-0.05, 0) is 33.6 Å². The van der Waals surface area contributed by atoms with Gasteiger partial charge in [0, 0.05) is 0 Å². The van der Waals surface area contributed by atoms with Gasteiger partial charge in [-0.15, -0.1) is 0 Å². The number of rotatable bonds is 2. The van der Waals surface area contributed by atoms with E-state index in [0.29, 0.717) is 10.0 Å². The SMILES string of the molecule is COC(=O)Cc1cc(Br)c(O)c(C#N)c1. The number of phenols is 1. The molecule has 0 heterocycles. The second kappa shape index (κ2) is 4.80. The summed E-state index contributed by atoms with van der Waals surface area (Å²) in [5.41, 5.74) is 0.742. The molecule has 0 aliphatic carbocycles. The molecule has 1 rings (SSSR count). The number of halogens is 1. The molecule has 5 heteroatoms. The third-order valence-corrected chi connectivity index (χ3v) is 2.42. The largest absolute Gasteiger partial charge is 0.505 e. The monoisotopic (exact) mass is 269 g/mol. The van der Waals surface area contributed by atoms with Crippen molar-refractivity contribution in [3.8, 4) is 11.8 Å². The minimum atomic E-state index is -0.392. The normalized spacial score (nSPS) is 9.40. The Morgan fingerprint density at radius 3 is 2.87 bits per heavy atom. The quantitative estimate of drug-likeness (QED) is 0.831. The van der Waals surface area contributed by atoms with E-state index < -0.39 is 5.97 Å². The van der Waals surface area contributed by atoms with E-state index >= 15 is 0 Å². The summed E-state index contributed by atoms with van der Waals surface area (Å²) in [6.45, 7) is 0. The molecule has 15 heavy (non-hydrogen) atoms. The Bertz CT molecular complexity index is 437. The van der Waals surface area contributed by atoms with E-state index in [1.165, 1.54) is 13.2 Å². The Labute approximate surface area is 95.2 Å². The van der Waals surface area contributed by atoms with Crippen LogP contribution in [0.25, 0.3) is 0 Å². The van der Waals surface area contributed by atoms with Gasteiger partial charge >= 0.3 is 5.97 Å². The van der Waals surface area contributed by atoms with Gasteiger partial charge in [-0.2, -0.15) is 5.26 Å². The van der Waals surface area contributed by atoms with Gasteiger partial charge in [-0.25, -0.2) is 0 Å². The molecule has 0 unspecified atom stereocenters. The topological polar surface area (TPSA) is 70.3 Å². The molecular formula is C10H8BrNO3. The fraction of sp³-hybridized carbons (Fsp3) is 0.200. The third-order valence-electron chi connectivity index (χ3n) is 1.82. The number of esters is 1. The van der Waals surface area contributed by atoms with Gasteiger partial charge in [0.2, 0.25) is 0 Å². The first kappa shape index (κ1) is 11.5. The average Bonchev–Trinajstić information content (AvgIpc) is 2.22. The number of aromatic hydroxyl groups is 1. The molecule has 0 saturated carbocycles. The lowest BCUT2D eigenvalue weighted by atomic mass is 10.1. The number of phenolic OH excluding ortho intramolecular Hbond substituents is 1. The van der Waals surface area contributed by atoms with Crippen molar-refractivity contribution in [3.63, 3.8) is 0 Å². The van der Waals surface area contributed by atoms with Crippen molar-refractivity contribution < 1.29 is 14.6 Å². The Kier molecular flexibility index (Phi) is 3.69. The highest BCUT2D eigenvalue weighted by molar-refractivity contribution is 9.10. The average molecular weight is 270 g/mol. The van der Waals surface area contributed by atoms with Crippen LogP contribution in [0.2, 0.25) is 0 Å². The first-order chi connectivity index (χ1) is 7.08. The molecule has 0 bridgehead atoms. The van der Waals surface area contributed by atoms with Gasteiger partial charge < -0.3 is 9.84 Å². The smallest absolute Gasteiger partial charge is 0.309 e. The minimum Gasteiger partial charge on any atom is -0.505 e. The zero-order valence-corrected chi connectivity index (χ0v) is 9.54. The van der Waals surface area contributed by atoms with E-state index in [4.69, 9.17) is 5.26 Å². The summed E-state index contributed by atoms with van der Waals surface area (Å²) in [6.07, 6.45) is 0.0735. The van der Waals surface area contributed by atoms with E-state index in [1.54, 1.807) is 6.07 Å². The molecule has 0 fully saturated rings. The summed E-state index contributed by atoms with van der Waals surface area (Å²) < 4.78 is 4.89. The summed E-state index contributed by atoms with van der Waals surface area (Å²) in [5, 5.41) is 18.1. The fourth-order valence-electron chi connectivity index (χ4n) is 1.08. The molecular weight excluding hydrogens is 262 g/mol. The maximum atomic E-state index is 11.0. The Morgan fingerprint density at radius 1 is 1.67 bits per heavy atom. The molecule has 0 radical (unpaired) electrons. The van der Waals surface area contributed by atoms with Crippen molar-refractivity contribution in [3.05, 3.63) is 27.7 Å². The third kappa shape index (κ3) is 2.70. The second-order valence-corrected chi connectivity index (χ2v) is 3.69. The number of ether oxygens (including phenoxy) is 1. The van der Waals surface area contributed by atoms with E-state index in [1.807, 2.05) is 6.07 Å². The van der Waals surface area contributed by atoms with Crippen LogP contribution in [0.1, 0.15) is 11.1 Å². The number of benzene rings is 1. The van der Waals surface area contributed by atoms with Crippen molar-refractivity contribution in [2.24, 2.45) is 0 Å². The van der Waals surface area contributed by atoms with Crippen molar-refractivity contribution in [1.29, 1.82) is 5.26 Å². The first-order valence-electron chi connectivity index (χ1n) is 4.06. The highest BCUT2D eigenvalue weighted by Crippen LogP contribution is 2.29. The van der Waals surface area contributed by atoms with E-state index in [0.717, 1.165) is 0 Å². The summed E-state index contributed by atoms with van der Waals surface area (Å²) in [4.78, 5) is 11.0. The van der Waals surface area contributed by atoms with E-state index in [9.17, 15) is 9.90 Å². The molecule has 0 spiro atoms. The maximum absolute atomic E-state index is 11.0. The van der Waals surface area contributed by atoms with Crippen molar-refractivity contribution in [2.75, 3.05) is 7.11 Å². The number of nitrogens with zero attached hydrogens (tertiary/aromatic N) is 1. The van der Waals surface area contributed by atoms with Crippen LogP contribution in [0.3, 0.4) is 0 Å². The van der Waals surface area contributed by atoms with Gasteiger partial charge in [-0.3, -0.25) is 4.79 Å². The molecule has 1 aromatic carbocycles. The minimum absolute atomic E-state index is 0.0735. The second-order valence-electron chi connectivity index (χ2n) is 2.84. The number of hydrogen-bond donors (Lipinski definition) is 1. The molecule has 78 valence electrons. The van der Waals surface area contributed by atoms with Crippen LogP contribution in [0, 0.1) is 11.3 Å². The predicted octanol–water partition coefficient (Wildman–Crippen LogP) is 1.74. The molecule has 1 N–H and O–H groups in total. The van der Waals surface area contributed by atoms with Crippen molar-refractivity contribution in [2.45, 2.75) is 6.42 Å². The highest BCUT2D eigenvalue weighted by Gasteiger charge is 2.10.